The second-order valence-electron chi connectivity index (χ2n) is 3.36. The molecule has 1 aromatic carbocycles. The highest BCUT2D eigenvalue weighted by molar-refractivity contribution is 5.65. The van der Waals surface area contributed by atoms with Gasteiger partial charge in [0.05, 0.1) is 0 Å². The Kier molecular flexibility index (Phi) is 3.75. The van der Waals surface area contributed by atoms with Gasteiger partial charge in [-0.25, -0.2) is 0 Å². The van der Waals surface area contributed by atoms with Crippen molar-refractivity contribution < 1.29 is 0 Å². The first kappa shape index (κ1) is 10.0. The Bertz CT molecular complexity index is 295. The predicted molar refractivity (Wildman–Crippen MR) is 59.7 cm³/mol. The molecule has 0 spiro atoms. The van der Waals surface area contributed by atoms with E-state index in [1.807, 2.05) is 0 Å². The maximum Gasteiger partial charge on any atom is -0.0225 e. The summed E-state index contributed by atoms with van der Waals surface area (Å²) < 4.78 is 0. The average molecular weight is 174 g/mol. The molecule has 0 amide bonds. The van der Waals surface area contributed by atoms with Gasteiger partial charge in [-0.3, -0.25) is 0 Å². The van der Waals surface area contributed by atoms with E-state index in [0.717, 1.165) is 12.8 Å². The second kappa shape index (κ2) is 4.86. The Morgan fingerprint density at radius 3 is 2.62 bits per heavy atom. The minimum atomic E-state index is 1.12. The van der Waals surface area contributed by atoms with Gasteiger partial charge in [0.25, 0.3) is 0 Å². The van der Waals surface area contributed by atoms with Gasteiger partial charge in [0.15, 0.2) is 0 Å². The number of allylic oxidation sites excluding steroid dienone is 2. The van der Waals surface area contributed by atoms with E-state index in [2.05, 4.69) is 51.1 Å². The third kappa shape index (κ3) is 2.73. The van der Waals surface area contributed by atoms with Crippen LogP contribution >= 0.6 is 0 Å². The second-order valence-corrected chi connectivity index (χ2v) is 3.36. The highest BCUT2D eigenvalue weighted by Crippen LogP contribution is 2.19. The van der Waals surface area contributed by atoms with Crippen LogP contribution in [0.2, 0.25) is 0 Å². The van der Waals surface area contributed by atoms with Crippen LogP contribution in [0.5, 0.6) is 0 Å². The molecule has 0 aromatic heterocycles. The van der Waals surface area contributed by atoms with E-state index in [0.29, 0.717) is 0 Å². The van der Waals surface area contributed by atoms with E-state index in [1.165, 1.54) is 16.7 Å². The van der Waals surface area contributed by atoms with Crippen molar-refractivity contribution >= 4 is 5.57 Å². The monoisotopic (exact) mass is 174 g/mol. The molecule has 0 radical (unpaired) electrons. The molecule has 0 N–H and O–H groups in total. The summed E-state index contributed by atoms with van der Waals surface area (Å²) in [7, 11) is 0. The first-order chi connectivity index (χ1) is 6.27. The van der Waals surface area contributed by atoms with Crippen molar-refractivity contribution in [3.05, 3.63) is 41.5 Å². The number of hydrogen-bond donors (Lipinski definition) is 0. The molecule has 0 bridgehead atoms. The van der Waals surface area contributed by atoms with Crippen molar-refractivity contribution in [1.29, 1.82) is 0 Å². The zero-order valence-electron chi connectivity index (χ0n) is 8.80. The summed E-state index contributed by atoms with van der Waals surface area (Å²) in [4.78, 5) is 0. The number of aryl methyl sites for hydroxylation is 1. The molecule has 0 saturated carbocycles. The van der Waals surface area contributed by atoms with Gasteiger partial charge in [0.1, 0.15) is 0 Å². The molecule has 13 heavy (non-hydrogen) atoms. The van der Waals surface area contributed by atoms with Gasteiger partial charge in [-0.05, 0) is 30.9 Å². The standard InChI is InChI=1S/C13H18/c1-4-7-12(5-2)13-9-6-8-11(3)10-13/h6-10H,4-5H2,1-3H3/b12-7+. The molecule has 1 rings (SSSR count). The van der Waals surface area contributed by atoms with Crippen molar-refractivity contribution in [3.63, 3.8) is 0 Å². The molecular formula is C13H18. The maximum absolute atomic E-state index is 2.31. The van der Waals surface area contributed by atoms with Crippen LogP contribution in [0.25, 0.3) is 5.57 Å². The fourth-order valence-corrected chi connectivity index (χ4v) is 1.56. The minimum Gasteiger partial charge on any atom is -0.0810 e. The molecule has 0 saturated heterocycles. The van der Waals surface area contributed by atoms with Crippen LogP contribution in [0, 0.1) is 6.92 Å². The van der Waals surface area contributed by atoms with E-state index < -0.39 is 0 Å². The molecule has 1 aromatic rings. The lowest BCUT2D eigenvalue weighted by atomic mass is 10.0. The van der Waals surface area contributed by atoms with Gasteiger partial charge < -0.3 is 0 Å². The fraction of sp³-hybridized carbons (Fsp3) is 0.385. The van der Waals surface area contributed by atoms with Crippen LogP contribution in [0.3, 0.4) is 0 Å². The van der Waals surface area contributed by atoms with E-state index >= 15 is 0 Å². The van der Waals surface area contributed by atoms with Gasteiger partial charge in [-0.1, -0.05) is 49.8 Å². The van der Waals surface area contributed by atoms with Crippen LogP contribution in [-0.4, -0.2) is 0 Å². The van der Waals surface area contributed by atoms with Gasteiger partial charge in [0.2, 0.25) is 0 Å². The molecule has 0 aliphatic carbocycles. The van der Waals surface area contributed by atoms with E-state index in [9.17, 15) is 0 Å². The summed E-state index contributed by atoms with van der Waals surface area (Å²) in [6.07, 6.45) is 4.56. The summed E-state index contributed by atoms with van der Waals surface area (Å²) in [6, 6.07) is 8.72. The molecule has 0 aliphatic rings. The zero-order valence-corrected chi connectivity index (χ0v) is 8.80. The molecule has 0 heterocycles. The quantitative estimate of drug-likeness (QED) is 0.644. The van der Waals surface area contributed by atoms with Gasteiger partial charge in [-0.15, -0.1) is 0 Å². The van der Waals surface area contributed by atoms with Crippen molar-refractivity contribution in [2.45, 2.75) is 33.6 Å². The zero-order chi connectivity index (χ0) is 9.68. The molecule has 0 unspecified atom stereocenters. The summed E-state index contributed by atoms with van der Waals surface area (Å²) in [5.74, 6) is 0. The summed E-state index contributed by atoms with van der Waals surface area (Å²) in [5, 5.41) is 0. The van der Waals surface area contributed by atoms with Gasteiger partial charge in [-0.2, -0.15) is 0 Å². The lowest BCUT2D eigenvalue weighted by molar-refractivity contribution is 1.17. The van der Waals surface area contributed by atoms with E-state index in [4.69, 9.17) is 0 Å². The average Bonchev–Trinajstić information content (AvgIpc) is 2.14. The number of hydrogen-bond acceptors (Lipinski definition) is 0. The molecule has 0 nitrogen and oxygen atoms in total. The largest absolute Gasteiger partial charge is 0.0810 e. The Hall–Kier alpha value is -1.04. The van der Waals surface area contributed by atoms with Crippen LogP contribution in [-0.2, 0) is 0 Å². The fourth-order valence-electron chi connectivity index (χ4n) is 1.56. The van der Waals surface area contributed by atoms with Crippen LogP contribution in [0.4, 0.5) is 0 Å². The lowest BCUT2D eigenvalue weighted by Gasteiger charge is -2.05. The van der Waals surface area contributed by atoms with Crippen LogP contribution < -0.4 is 0 Å². The Morgan fingerprint density at radius 2 is 2.08 bits per heavy atom. The van der Waals surface area contributed by atoms with Gasteiger partial charge in [0, 0.05) is 0 Å². The molecule has 70 valence electrons. The Morgan fingerprint density at radius 1 is 1.31 bits per heavy atom. The molecular weight excluding hydrogens is 156 g/mol. The highest BCUT2D eigenvalue weighted by Gasteiger charge is 1.97. The van der Waals surface area contributed by atoms with E-state index in [1.54, 1.807) is 0 Å². The summed E-state index contributed by atoms with van der Waals surface area (Å²) >= 11 is 0. The minimum absolute atomic E-state index is 1.12. The van der Waals surface area contributed by atoms with Crippen molar-refractivity contribution in [2.75, 3.05) is 0 Å². The smallest absolute Gasteiger partial charge is 0.0225 e. The molecule has 0 atom stereocenters. The molecule has 0 heteroatoms. The highest BCUT2D eigenvalue weighted by atomic mass is 14.0. The van der Waals surface area contributed by atoms with Crippen molar-refractivity contribution in [3.8, 4) is 0 Å². The lowest BCUT2D eigenvalue weighted by Crippen LogP contribution is -1.83. The van der Waals surface area contributed by atoms with Crippen LogP contribution in [0.15, 0.2) is 30.3 Å². The third-order valence-electron chi connectivity index (χ3n) is 2.22. The normalized spacial score (nSPS) is 11.8. The first-order valence-electron chi connectivity index (χ1n) is 5.04. The van der Waals surface area contributed by atoms with Crippen molar-refractivity contribution in [2.24, 2.45) is 0 Å². The van der Waals surface area contributed by atoms with Gasteiger partial charge >= 0.3 is 0 Å². The maximum atomic E-state index is 2.31. The number of rotatable bonds is 3. The van der Waals surface area contributed by atoms with Crippen molar-refractivity contribution in [1.82, 2.24) is 0 Å². The predicted octanol–water partition coefficient (Wildman–Crippen LogP) is 4.20. The third-order valence-corrected chi connectivity index (χ3v) is 2.22. The Labute approximate surface area is 81.3 Å². The Balaban J connectivity index is 2.98. The summed E-state index contributed by atoms with van der Waals surface area (Å²) in [5.41, 5.74) is 4.18. The molecule has 0 aliphatic heterocycles. The van der Waals surface area contributed by atoms with Crippen LogP contribution in [0.1, 0.15) is 37.8 Å². The topological polar surface area (TPSA) is 0 Å². The SMILES string of the molecule is CC/C=C(\CC)c1cccc(C)c1. The van der Waals surface area contributed by atoms with E-state index in [-0.39, 0.29) is 0 Å². The number of benzene rings is 1. The summed E-state index contributed by atoms with van der Waals surface area (Å²) in [6.45, 7) is 6.54. The molecule has 0 fully saturated rings. The first-order valence-corrected chi connectivity index (χ1v) is 5.04.